The van der Waals surface area contributed by atoms with Gasteiger partial charge < -0.3 is 10.2 Å². The molecule has 2 heteroatoms. The van der Waals surface area contributed by atoms with Crippen molar-refractivity contribution in [1.82, 2.24) is 0 Å². The van der Waals surface area contributed by atoms with E-state index in [1.165, 1.54) is 19.3 Å². The lowest BCUT2D eigenvalue weighted by Gasteiger charge is -2.08. The van der Waals surface area contributed by atoms with Crippen molar-refractivity contribution in [3.05, 3.63) is 28.8 Å². The summed E-state index contributed by atoms with van der Waals surface area (Å²) in [5.41, 5.74) is 2.19. The molecule has 0 unspecified atom stereocenters. The highest BCUT2D eigenvalue weighted by Gasteiger charge is 2.08. The Hall–Kier alpha value is -1.44. The third kappa shape index (κ3) is 3.52. The lowest BCUT2D eigenvalue weighted by atomic mass is 10.0. The Kier molecular flexibility index (Phi) is 5.08. The van der Waals surface area contributed by atoms with Crippen molar-refractivity contribution >= 4 is 6.08 Å². The van der Waals surface area contributed by atoms with Crippen LogP contribution < -0.4 is 0 Å². The molecule has 2 nitrogen and oxygen atoms in total. The lowest BCUT2D eigenvalue weighted by Crippen LogP contribution is -1.86. The number of phenolic OH excluding ortho intramolecular Hbond substituents is 2. The predicted molar refractivity (Wildman–Crippen MR) is 72.4 cm³/mol. The van der Waals surface area contributed by atoms with Gasteiger partial charge >= 0.3 is 0 Å². The van der Waals surface area contributed by atoms with Crippen LogP contribution in [0.1, 0.15) is 49.3 Å². The fraction of sp³-hybridized carbons (Fsp3) is 0.467. The maximum atomic E-state index is 9.94. The summed E-state index contributed by atoms with van der Waals surface area (Å²) in [6, 6.07) is 1.62. The number of phenols is 2. The zero-order valence-electron chi connectivity index (χ0n) is 11.0. The molecule has 0 atom stereocenters. The van der Waals surface area contributed by atoms with E-state index in [0.29, 0.717) is 5.56 Å². The molecule has 1 rings (SSSR count). The van der Waals surface area contributed by atoms with Crippen LogP contribution in [0.2, 0.25) is 0 Å². The summed E-state index contributed by atoms with van der Waals surface area (Å²) in [6.07, 6.45) is 8.57. The van der Waals surface area contributed by atoms with E-state index in [0.717, 1.165) is 17.5 Å². The van der Waals surface area contributed by atoms with Gasteiger partial charge in [0.15, 0.2) is 0 Å². The second-order valence-electron chi connectivity index (χ2n) is 4.48. The number of rotatable bonds is 5. The maximum absolute atomic E-state index is 9.94. The number of hydrogen-bond acceptors (Lipinski definition) is 2. The van der Waals surface area contributed by atoms with Crippen LogP contribution in [-0.2, 0) is 0 Å². The van der Waals surface area contributed by atoms with Crippen molar-refractivity contribution < 1.29 is 10.2 Å². The summed E-state index contributed by atoms with van der Waals surface area (Å²) in [5.74, 6) is 0.514. The molecule has 1 aromatic carbocycles. The summed E-state index contributed by atoms with van der Waals surface area (Å²) in [6.45, 7) is 5.80. The Labute approximate surface area is 104 Å². The summed E-state index contributed by atoms with van der Waals surface area (Å²) in [7, 11) is 0. The quantitative estimate of drug-likeness (QED) is 0.588. The van der Waals surface area contributed by atoms with E-state index in [1.54, 1.807) is 13.0 Å². The SMILES string of the molecule is CCCCC/C=C/c1cc(O)c(C)c(C)c1O. The average Bonchev–Trinajstić information content (AvgIpc) is 2.32. The molecular weight excluding hydrogens is 212 g/mol. The Morgan fingerprint density at radius 2 is 1.82 bits per heavy atom. The van der Waals surface area contributed by atoms with E-state index in [9.17, 15) is 10.2 Å². The minimum absolute atomic E-state index is 0.244. The molecule has 2 N–H and O–H groups in total. The summed E-state index contributed by atoms with van der Waals surface area (Å²) < 4.78 is 0. The third-order valence-electron chi connectivity index (χ3n) is 3.14. The molecule has 0 heterocycles. The van der Waals surface area contributed by atoms with E-state index in [2.05, 4.69) is 13.0 Å². The molecule has 0 aliphatic carbocycles. The fourth-order valence-corrected chi connectivity index (χ4v) is 1.76. The number of unbranched alkanes of at least 4 members (excludes halogenated alkanes) is 3. The summed E-state index contributed by atoms with van der Waals surface area (Å²) in [4.78, 5) is 0. The number of hydrogen-bond donors (Lipinski definition) is 2. The smallest absolute Gasteiger partial charge is 0.126 e. The van der Waals surface area contributed by atoms with Gasteiger partial charge in [-0.25, -0.2) is 0 Å². The first kappa shape index (κ1) is 13.6. The molecule has 0 aromatic heterocycles. The Bertz CT molecular complexity index is 406. The van der Waals surface area contributed by atoms with Gasteiger partial charge in [0.2, 0.25) is 0 Å². The third-order valence-corrected chi connectivity index (χ3v) is 3.14. The molecule has 0 saturated carbocycles. The monoisotopic (exact) mass is 234 g/mol. The van der Waals surface area contributed by atoms with Gasteiger partial charge in [-0.15, -0.1) is 0 Å². The van der Waals surface area contributed by atoms with Crippen LogP contribution in [0.4, 0.5) is 0 Å². The van der Waals surface area contributed by atoms with E-state index >= 15 is 0 Å². The fourth-order valence-electron chi connectivity index (χ4n) is 1.76. The highest BCUT2D eigenvalue weighted by molar-refractivity contribution is 5.64. The van der Waals surface area contributed by atoms with Gasteiger partial charge in [-0.1, -0.05) is 31.9 Å². The molecule has 17 heavy (non-hydrogen) atoms. The van der Waals surface area contributed by atoms with Gasteiger partial charge in [-0.3, -0.25) is 0 Å². The van der Waals surface area contributed by atoms with E-state index < -0.39 is 0 Å². The van der Waals surface area contributed by atoms with Crippen LogP contribution >= 0.6 is 0 Å². The molecule has 94 valence electrons. The van der Waals surface area contributed by atoms with Crippen molar-refractivity contribution in [1.29, 1.82) is 0 Å². The van der Waals surface area contributed by atoms with E-state index in [-0.39, 0.29) is 11.5 Å². The molecule has 0 bridgehead atoms. The lowest BCUT2D eigenvalue weighted by molar-refractivity contribution is 0.452. The Morgan fingerprint density at radius 3 is 2.47 bits per heavy atom. The number of aromatic hydroxyl groups is 2. The van der Waals surface area contributed by atoms with Gasteiger partial charge in [0.05, 0.1) is 0 Å². The summed E-state index contributed by atoms with van der Waals surface area (Å²) >= 11 is 0. The first-order chi connectivity index (χ1) is 8.07. The Balaban J connectivity index is 2.78. The second kappa shape index (κ2) is 6.33. The standard InChI is InChI=1S/C15H22O2/c1-4-5-6-7-8-9-13-10-14(16)11(2)12(3)15(13)17/h8-10,16-17H,4-7H2,1-3H3/b9-8+. The van der Waals surface area contributed by atoms with E-state index in [1.807, 2.05) is 13.0 Å². The zero-order chi connectivity index (χ0) is 12.8. The Morgan fingerprint density at radius 1 is 1.12 bits per heavy atom. The number of benzene rings is 1. The van der Waals surface area contributed by atoms with Crippen LogP contribution in [0.5, 0.6) is 11.5 Å². The van der Waals surface area contributed by atoms with Gasteiger partial charge in [0.25, 0.3) is 0 Å². The molecule has 0 radical (unpaired) electrons. The van der Waals surface area contributed by atoms with Crippen molar-refractivity contribution in [2.75, 3.05) is 0 Å². The molecule has 0 aliphatic rings. The zero-order valence-corrected chi connectivity index (χ0v) is 11.0. The normalized spacial score (nSPS) is 11.2. The highest BCUT2D eigenvalue weighted by Crippen LogP contribution is 2.32. The van der Waals surface area contributed by atoms with Crippen molar-refractivity contribution in [3.63, 3.8) is 0 Å². The molecule has 0 spiro atoms. The first-order valence-electron chi connectivity index (χ1n) is 6.26. The molecule has 0 saturated heterocycles. The average molecular weight is 234 g/mol. The molecular formula is C15H22O2. The minimum Gasteiger partial charge on any atom is -0.508 e. The highest BCUT2D eigenvalue weighted by atomic mass is 16.3. The van der Waals surface area contributed by atoms with Gasteiger partial charge in [0, 0.05) is 5.56 Å². The van der Waals surface area contributed by atoms with Crippen molar-refractivity contribution in [2.24, 2.45) is 0 Å². The molecule has 0 aliphatic heterocycles. The van der Waals surface area contributed by atoms with Gasteiger partial charge in [-0.05, 0) is 43.9 Å². The topological polar surface area (TPSA) is 40.5 Å². The van der Waals surface area contributed by atoms with Crippen LogP contribution in [0, 0.1) is 13.8 Å². The van der Waals surface area contributed by atoms with Crippen LogP contribution in [0.15, 0.2) is 12.1 Å². The minimum atomic E-state index is 0.244. The van der Waals surface area contributed by atoms with Crippen LogP contribution in [-0.4, -0.2) is 10.2 Å². The number of allylic oxidation sites excluding steroid dienone is 1. The molecule has 0 fully saturated rings. The van der Waals surface area contributed by atoms with Crippen LogP contribution in [0.25, 0.3) is 6.08 Å². The largest absolute Gasteiger partial charge is 0.508 e. The van der Waals surface area contributed by atoms with E-state index in [4.69, 9.17) is 0 Å². The van der Waals surface area contributed by atoms with Crippen molar-refractivity contribution in [2.45, 2.75) is 46.5 Å². The van der Waals surface area contributed by atoms with Crippen LogP contribution in [0.3, 0.4) is 0 Å². The summed E-state index contributed by atoms with van der Waals surface area (Å²) in [5, 5.41) is 19.6. The first-order valence-corrected chi connectivity index (χ1v) is 6.26. The molecule has 1 aromatic rings. The predicted octanol–water partition coefficient (Wildman–Crippen LogP) is 4.31. The van der Waals surface area contributed by atoms with Crippen molar-refractivity contribution in [3.8, 4) is 11.5 Å². The molecule has 0 amide bonds. The van der Waals surface area contributed by atoms with Gasteiger partial charge in [0.1, 0.15) is 11.5 Å². The second-order valence-corrected chi connectivity index (χ2v) is 4.48. The van der Waals surface area contributed by atoms with Gasteiger partial charge in [-0.2, -0.15) is 0 Å². The maximum Gasteiger partial charge on any atom is 0.126 e.